The van der Waals surface area contributed by atoms with E-state index in [0.29, 0.717) is 6.04 Å². The van der Waals surface area contributed by atoms with Crippen molar-refractivity contribution < 1.29 is 9.53 Å². The summed E-state index contributed by atoms with van der Waals surface area (Å²) < 4.78 is 4.97. The molecule has 0 bridgehead atoms. The van der Waals surface area contributed by atoms with Crippen LogP contribution in [-0.2, 0) is 9.53 Å². The summed E-state index contributed by atoms with van der Waals surface area (Å²) in [5.74, 6) is -0.129. The lowest BCUT2D eigenvalue weighted by Gasteiger charge is -2.28. The van der Waals surface area contributed by atoms with E-state index in [-0.39, 0.29) is 5.97 Å². The van der Waals surface area contributed by atoms with Gasteiger partial charge in [0.25, 0.3) is 0 Å². The maximum atomic E-state index is 12.0. The smallest absolute Gasteiger partial charge is 0.325 e. The van der Waals surface area contributed by atoms with Crippen LogP contribution in [0.4, 0.5) is 0 Å². The molecule has 0 aromatic rings. The van der Waals surface area contributed by atoms with Gasteiger partial charge in [0.1, 0.15) is 5.54 Å². The van der Waals surface area contributed by atoms with Gasteiger partial charge in [-0.05, 0) is 66.7 Å². The van der Waals surface area contributed by atoms with E-state index in [4.69, 9.17) is 4.74 Å². The highest BCUT2D eigenvalue weighted by atomic mass is 16.5. The molecule has 0 aromatic heterocycles. The summed E-state index contributed by atoms with van der Waals surface area (Å²) in [6, 6.07) is 0.511. The molecule has 21 heavy (non-hydrogen) atoms. The van der Waals surface area contributed by atoms with Gasteiger partial charge in [-0.2, -0.15) is 0 Å². The zero-order chi connectivity index (χ0) is 15.9. The number of ether oxygens (including phenoxy) is 1. The van der Waals surface area contributed by atoms with Gasteiger partial charge >= 0.3 is 5.97 Å². The minimum atomic E-state index is -0.516. The summed E-state index contributed by atoms with van der Waals surface area (Å²) in [5.41, 5.74) is -0.516. The maximum absolute atomic E-state index is 12.0. The molecule has 0 saturated heterocycles. The van der Waals surface area contributed by atoms with Gasteiger partial charge in [0.15, 0.2) is 0 Å². The summed E-state index contributed by atoms with van der Waals surface area (Å²) in [7, 11) is 7.83. The topological polar surface area (TPSA) is 44.8 Å². The Morgan fingerprint density at radius 3 is 2.38 bits per heavy atom. The molecular weight excluding hydrogens is 266 g/mol. The van der Waals surface area contributed by atoms with Gasteiger partial charge in [-0.1, -0.05) is 0 Å². The maximum Gasteiger partial charge on any atom is 0.325 e. The SMILES string of the molecule is COC(=O)C(C)(CCCCN(C)CCN(C)C)NC1CC1. The number of carbonyl (C=O) groups excluding carboxylic acids is 1. The average molecular weight is 299 g/mol. The van der Waals surface area contributed by atoms with Crippen molar-refractivity contribution in [2.75, 3.05) is 47.9 Å². The number of likely N-dealkylation sites (N-methyl/N-ethyl adjacent to an activating group) is 2. The first-order valence-corrected chi connectivity index (χ1v) is 8.07. The first-order chi connectivity index (χ1) is 9.87. The fourth-order valence-electron chi connectivity index (χ4n) is 2.48. The Hall–Kier alpha value is -0.650. The molecule has 1 aliphatic rings. The molecule has 1 rings (SSSR count). The van der Waals surface area contributed by atoms with Gasteiger partial charge in [-0.3, -0.25) is 10.1 Å². The largest absolute Gasteiger partial charge is 0.468 e. The van der Waals surface area contributed by atoms with Crippen LogP contribution in [-0.4, -0.2) is 75.2 Å². The number of hydrogen-bond acceptors (Lipinski definition) is 5. The minimum absolute atomic E-state index is 0.129. The highest BCUT2D eigenvalue weighted by molar-refractivity contribution is 5.80. The molecule has 0 amide bonds. The molecule has 1 fully saturated rings. The molecule has 5 heteroatoms. The van der Waals surface area contributed by atoms with Crippen LogP contribution in [0.25, 0.3) is 0 Å². The molecule has 1 aliphatic carbocycles. The molecule has 1 saturated carbocycles. The first kappa shape index (κ1) is 18.4. The fraction of sp³-hybridized carbons (Fsp3) is 0.938. The summed E-state index contributed by atoms with van der Waals surface area (Å²) in [6.45, 7) is 5.22. The van der Waals surface area contributed by atoms with Crippen LogP contribution in [0.15, 0.2) is 0 Å². The van der Waals surface area contributed by atoms with Crippen molar-refractivity contribution >= 4 is 5.97 Å². The van der Waals surface area contributed by atoms with Gasteiger partial charge in [0, 0.05) is 19.1 Å². The minimum Gasteiger partial charge on any atom is -0.468 e. The van der Waals surface area contributed by atoms with Crippen molar-refractivity contribution in [1.82, 2.24) is 15.1 Å². The van der Waals surface area contributed by atoms with E-state index in [1.54, 1.807) is 0 Å². The Morgan fingerprint density at radius 2 is 1.86 bits per heavy atom. The lowest BCUT2D eigenvalue weighted by atomic mass is 9.94. The zero-order valence-corrected chi connectivity index (χ0v) is 14.4. The third-order valence-corrected chi connectivity index (χ3v) is 4.13. The van der Waals surface area contributed by atoms with Crippen LogP contribution >= 0.6 is 0 Å². The second kappa shape index (κ2) is 8.71. The molecule has 0 heterocycles. The predicted molar refractivity (Wildman–Crippen MR) is 86.5 cm³/mol. The van der Waals surface area contributed by atoms with Crippen molar-refractivity contribution in [2.45, 2.75) is 50.6 Å². The summed E-state index contributed by atoms with van der Waals surface area (Å²) in [4.78, 5) is 16.6. The number of esters is 1. The van der Waals surface area contributed by atoms with Crippen molar-refractivity contribution in [3.05, 3.63) is 0 Å². The molecule has 0 radical (unpaired) electrons. The normalized spacial score (nSPS) is 18.0. The number of carbonyl (C=O) groups is 1. The molecule has 0 aliphatic heterocycles. The van der Waals surface area contributed by atoms with Gasteiger partial charge < -0.3 is 14.5 Å². The molecule has 0 aromatic carbocycles. The Morgan fingerprint density at radius 1 is 1.19 bits per heavy atom. The third-order valence-electron chi connectivity index (χ3n) is 4.13. The molecule has 1 N–H and O–H groups in total. The Kier molecular flexibility index (Phi) is 7.63. The third kappa shape index (κ3) is 7.25. The van der Waals surface area contributed by atoms with Crippen molar-refractivity contribution in [2.24, 2.45) is 0 Å². The van der Waals surface area contributed by atoms with Crippen LogP contribution in [0.5, 0.6) is 0 Å². The van der Waals surface area contributed by atoms with Crippen molar-refractivity contribution in [3.8, 4) is 0 Å². The summed E-state index contributed by atoms with van der Waals surface area (Å²) in [6.07, 6.45) is 5.36. The van der Waals surface area contributed by atoms with Gasteiger partial charge in [0.2, 0.25) is 0 Å². The molecule has 0 spiro atoms. The highest BCUT2D eigenvalue weighted by Crippen LogP contribution is 2.26. The van der Waals surface area contributed by atoms with Crippen LogP contribution in [0, 0.1) is 0 Å². The Labute approximate surface area is 130 Å². The van der Waals surface area contributed by atoms with Gasteiger partial charge in [0.05, 0.1) is 7.11 Å². The second-order valence-electron chi connectivity index (χ2n) is 6.81. The number of hydrogen-bond donors (Lipinski definition) is 1. The predicted octanol–water partition coefficient (Wildman–Crippen LogP) is 1.33. The number of nitrogens with one attached hydrogen (secondary N) is 1. The van der Waals surface area contributed by atoms with Crippen LogP contribution < -0.4 is 5.32 Å². The van der Waals surface area contributed by atoms with Crippen LogP contribution in [0.1, 0.15) is 39.0 Å². The number of methoxy groups -OCH3 is 1. The van der Waals surface area contributed by atoms with E-state index in [9.17, 15) is 4.79 Å². The Bertz CT molecular complexity index is 319. The number of nitrogens with zero attached hydrogens (tertiary/aromatic N) is 2. The fourth-order valence-corrected chi connectivity index (χ4v) is 2.48. The van der Waals surface area contributed by atoms with E-state index in [0.717, 1.165) is 38.9 Å². The lowest BCUT2D eigenvalue weighted by Crippen LogP contribution is -2.51. The van der Waals surface area contributed by atoms with Gasteiger partial charge in [-0.25, -0.2) is 0 Å². The highest BCUT2D eigenvalue weighted by Gasteiger charge is 2.38. The number of unbranched alkanes of at least 4 members (excludes halogenated alkanes) is 1. The Balaban J connectivity index is 2.25. The van der Waals surface area contributed by atoms with E-state index in [1.807, 2.05) is 6.92 Å². The van der Waals surface area contributed by atoms with Crippen molar-refractivity contribution in [1.29, 1.82) is 0 Å². The quantitative estimate of drug-likeness (QED) is 0.461. The summed E-state index contributed by atoms with van der Waals surface area (Å²) >= 11 is 0. The zero-order valence-electron chi connectivity index (χ0n) is 14.4. The monoisotopic (exact) mass is 299 g/mol. The van der Waals surface area contributed by atoms with E-state index in [1.165, 1.54) is 20.0 Å². The summed E-state index contributed by atoms with van der Waals surface area (Å²) in [5, 5.41) is 3.45. The number of rotatable bonds is 11. The second-order valence-corrected chi connectivity index (χ2v) is 6.81. The standard InChI is InChI=1S/C16H33N3O2/c1-16(15(20)21-5,17-14-8-9-14)10-6-7-11-19(4)13-12-18(2)3/h14,17H,6-13H2,1-5H3. The molecule has 5 nitrogen and oxygen atoms in total. The average Bonchev–Trinajstić information content (AvgIpc) is 3.24. The van der Waals surface area contributed by atoms with Crippen LogP contribution in [0.3, 0.4) is 0 Å². The lowest BCUT2D eigenvalue weighted by molar-refractivity contribution is -0.148. The van der Waals surface area contributed by atoms with Crippen LogP contribution in [0.2, 0.25) is 0 Å². The molecule has 1 unspecified atom stereocenters. The van der Waals surface area contributed by atoms with E-state index >= 15 is 0 Å². The van der Waals surface area contributed by atoms with E-state index < -0.39 is 5.54 Å². The van der Waals surface area contributed by atoms with Crippen molar-refractivity contribution in [3.63, 3.8) is 0 Å². The van der Waals surface area contributed by atoms with E-state index in [2.05, 4.69) is 36.3 Å². The molecule has 1 atom stereocenters. The first-order valence-electron chi connectivity index (χ1n) is 8.07. The van der Waals surface area contributed by atoms with Gasteiger partial charge in [-0.15, -0.1) is 0 Å². The molecule has 124 valence electrons. The molecular formula is C16H33N3O2.